The van der Waals surface area contributed by atoms with Gasteiger partial charge < -0.3 is 0 Å². The number of aromatic nitrogens is 9. The van der Waals surface area contributed by atoms with Gasteiger partial charge in [0, 0.05) is 114 Å². The molecule has 15 aromatic carbocycles. The number of thiophene rings is 3. The second kappa shape index (κ2) is 26.4. The minimum absolute atomic E-state index is 0.675. The SMILES string of the molecule is c1ccc2c(c1)cc(-c1nc(-c3ccc(-c4nc(-c5cc6ccccc6c6ccccc56)c5ccccc5n4)cc3)c3sc4ccccc4c3n1)c1ccccc12.c1cncc(-c2cccc(-c3nc(-c4ccc(-c5nc(-c6cccc7c6sc6ccccc67)nc6c5sc5ccccc56)cc4)nc4ccccc34)c2)c1. The molecule has 8 aromatic heterocycles. The maximum atomic E-state index is 5.41. The standard InChI is InChI=1S/C52H30N4S.C47H27N5S2/c1-3-15-35-33(13-1)29-43(39-19-7-5-17-37(35)39)48-41-21-9-11-23-45(41)53-51(55-48)32-27-25-31(26-28-32)47-50-49(42-22-10-12-24-46(42)57-50)56-52(54-47)44-30-34-14-2-4-16-36(34)38-18-6-8-20-40(38)44;1-4-18-38-35(14-1)41(31-11-7-10-30(26-31)32-12-9-25-48-27-32)50-46(49-38)29-23-21-28(22-24-29)42-45-43(36-15-3-6-20-40(36)54-45)52-47(51-42)37-17-8-16-34-33-13-2-5-19-39(33)53-44(34)37/h1-30H;1-27H. The van der Waals surface area contributed by atoms with Crippen LogP contribution in [0.5, 0.6) is 0 Å². The van der Waals surface area contributed by atoms with Crippen LogP contribution in [0.3, 0.4) is 0 Å². The van der Waals surface area contributed by atoms with Gasteiger partial charge >= 0.3 is 0 Å². The summed E-state index contributed by atoms with van der Waals surface area (Å²) in [5, 5.41) is 16.4. The van der Waals surface area contributed by atoms with E-state index in [1.165, 1.54) is 67.3 Å². The Morgan fingerprint density at radius 1 is 0.198 bits per heavy atom. The maximum absolute atomic E-state index is 5.41. The van der Waals surface area contributed by atoms with Crippen molar-refractivity contribution in [3.8, 4) is 102 Å². The molecule has 0 saturated carbocycles. The molecule has 0 fully saturated rings. The van der Waals surface area contributed by atoms with Crippen molar-refractivity contribution in [1.82, 2.24) is 44.9 Å². The van der Waals surface area contributed by atoms with Gasteiger partial charge in [0.05, 0.1) is 54.2 Å². The Hall–Kier alpha value is -14.0. The fourth-order valence-corrected chi connectivity index (χ4v) is 19.5. The smallest absolute Gasteiger partial charge is 0.161 e. The average molecular weight is 1470 g/mol. The molecule has 111 heavy (non-hydrogen) atoms. The van der Waals surface area contributed by atoms with Crippen molar-refractivity contribution >= 4 is 160 Å². The van der Waals surface area contributed by atoms with Crippen LogP contribution in [0.25, 0.3) is 227 Å². The lowest BCUT2D eigenvalue weighted by atomic mass is 9.94. The number of fused-ring (bicyclic) bond motifs is 17. The summed E-state index contributed by atoms with van der Waals surface area (Å²) in [6, 6.07) is 117. The van der Waals surface area contributed by atoms with E-state index in [2.05, 4.69) is 314 Å². The predicted octanol–water partition coefficient (Wildman–Crippen LogP) is 27.0. The van der Waals surface area contributed by atoms with Crippen molar-refractivity contribution in [2.75, 3.05) is 0 Å². The lowest BCUT2D eigenvalue weighted by Gasteiger charge is -2.14. The first-order valence-electron chi connectivity index (χ1n) is 36.9. The second-order valence-corrected chi connectivity index (χ2v) is 31.0. The number of nitrogens with zero attached hydrogens (tertiary/aromatic N) is 9. The van der Waals surface area contributed by atoms with E-state index in [9.17, 15) is 0 Å². The van der Waals surface area contributed by atoms with Crippen molar-refractivity contribution in [3.05, 3.63) is 346 Å². The number of pyridine rings is 1. The van der Waals surface area contributed by atoms with Crippen LogP contribution >= 0.6 is 34.0 Å². The Labute approximate surface area is 647 Å². The molecule has 516 valence electrons. The minimum atomic E-state index is 0.675. The maximum Gasteiger partial charge on any atom is 0.161 e. The number of benzene rings is 15. The molecule has 23 aromatic rings. The van der Waals surface area contributed by atoms with Crippen LogP contribution in [-0.2, 0) is 0 Å². The van der Waals surface area contributed by atoms with Gasteiger partial charge in [0.25, 0.3) is 0 Å². The lowest BCUT2D eigenvalue weighted by molar-refractivity contribution is 1.23. The zero-order chi connectivity index (χ0) is 73.0. The fourth-order valence-electron chi connectivity index (χ4n) is 16.0. The van der Waals surface area contributed by atoms with Crippen LogP contribution in [0.1, 0.15) is 0 Å². The highest BCUT2D eigenvalue weighted by molar-refractivity contribution is 7.27. The summed E-state index contributed by atoms with van der Waals surface area (Å²) in [6.45, 7) is 0. The van der Waals surface area contributed by atoms with Gasteiger partial charge in [0.1, 0.15) is 0 Å². The quantitative estimate of drug-likeness (QED) is 0.130. The van der Waals surface area contributed by atoms with Gasteiger partial charge in [-0.1, -0.05) is 273 Å². The van der Waals surface area contributed by atoms with Crippen LogP contribution in [0.4, 0.5) is 0 Å². The molecule has 0 atom stereocenters. The van der Waals surface area contributed by atoms with Crippen LogP contribution in [0, 0.1) is 0 Å². The molecule has 9 nitrogen and oxygen atoms in total. The Kier molecular flexibility index (Phi) is 15.3. The van der Waals surface area contributed by atoms with E-state index in [1.807, 2.05) is 30.5 Å². The van der Waals surface area contributed by atoms with Crippen molar-refractivity contribution in [3.63, 3.8) is 0 Å². The Morgan fingerprint density at radius 2 is 0.604 bits per heavy atom. The second-order valence-electron chi connectivity index (χ2n) is 27.8. The van der Waals surface area contributed by atoms with E-state index in [0.29, 0.717) is 11.6 Å². The largest absolute Gasteiger partial charge is 0.264 e. The topological polar surface area (TPSA) is 116 Å². The highest BCUT2D eigenvalue weighted by Gasteiger charge is 2.24. The summed E-state index contributed by atoms with van der Waals surface area (Å²) in [6.07, 6.45) is 3.69. The number of hydrogen-bond donors (Lipinski definition) is 0. The molecule has 8 heterocycles. The molecule has 23 rings (SSSR count). The van der Waals surface area contributed by atoms with Crippen LogP contribution in [-0.4, -0.2) is 44.9 Å². The zero-order valence-electron chi connectivity index (χ0n) is 59.2. The van der Waals surface area contributed by atoms with Gasteiger partial charge in [-0.15, -0.1) is 34.0 Å². The molecule has 0 unspecified atom stereocenters. The Balaban J connectivity index is 0.000000137. The summed E-state index contributed by atoms with van der Waals surface area (Å²) >= 11 is 5.29. The van der Waals surface area contributed by atoms with Gasteiger partial charge in [0.15, 0.2) is 23.3 Å². The third kappa shape index (κ3) is 11.1. The van der Waals surface area contributed by atoms with E-state index in [0.717, 1.165) is 148 Å². The molecular formula is C99H57N9S3. The molecule has 0 N–H and O–H groups in total. The predicted molar refractivity (Wildman–Crippen MR) is 466 cm³/mol. The molecule has 0 spiro atoms. The molecule has 0 amide bonds. The van der Waals surface area contributed by atoms with E-state index >= 15 is 0 Å². The summed E-state index contributed by atoms with van der Waals surface area (Å²) in [4.78, 5) is 46.5. The first-order valence-corrected chi connectivity index (χ1v) is 39.3. The number of para-hydroxylation sites is 2. The highest BCUT2D eigenvalue weighted by atomic mass is 32.1. The lowest BCUT2D eigenvalue weighted by Crippen LogP contribution is -1.97. The summed E-state index contributed by atoms with van der Waals surface area (Å²) in [5.74, 6) is 2.81. The van der Waals surface area contributed by atoms with Crippen molar-refractivity contribution in [1.29, 1.82) is 0 Å². The van der Waals surface area contributed by atoms with Gasteiger partial charge in [-0.2, -0.15) is 0 Å². The van der Waals surface area contributed by atoms with Crippen LogP contribution in [0.15, 0.2) is 346 Å². The van der Waals surface area contributed by atoms with Crippen molar-refractivity contribution < 1.29 is 0 Å². The normalized spacial score (nSPS) is 11.8. The molecule has 0 aliphatic heterocycles. The first kappa shape index (κ1) is 64.2. The van der Waals surface area contributed by atoms with E-state index in [4.69, 9.17) is 39.9 Å². The zero-order valence-corrected chi connectivity index (χ0v) is 61.6. The van der Waals surface area contributed by atoms with Gasteiger partial charge in [-0.3, -0.25) is 4.98 Å². The molecule has 0 saturated heterocycles. The van der Waals surface area contributed by atoms with Crippen molar-refractivity contribution in [2.24, 2.45) is 0 Å². The monoisotopic (exact) mass is 1470 g/mol. The van der Waals surface area contributed by atoms with Gasteiger partial charge in [-0.05, 0) is 109 Å². The van der Waals surface area contributed by atoms with Crippen molar-refractivity contribution in [2.45, 2.75) is 0 Å². The summed E-state index contributed by atoms with van der Waals surface area (Å²) < 4.78 is 7.01. The molecule has 12 heteroatoms. The van der Waals surface area contributed by atoms with E-state index in [1.54, 1.807) is 40.2 Å². The van der Waals surface area contributed by atoms with E-state index < -0.39 is 0 Å². The fraction of sp³-hybridized carbons (Fsp3) is 0. The highest BCUT2D eigenvalue weighted by Crippen LogP contribution is 2.47. The van der Waals surface area contributed by atoms with Crippen LogP contribution in [0.2, 0.25) is 0 Å². The van der Waals surface area contributed by atoms with Gasteiger partial charge in [0.2, 0.25) is 0 Å². The molecule has 0 aliphatic carbocycles. The third-order valence-electron chi connectivity index (χ3n) is 21.3. The Morgan fingerprint density at radius 3 is 1.18 bits per heavy atom. The molecule has 0 bridgehead atoms. The van der Waals surface area contributed by atoms with Gasteiger partial charge in [-0.25, -0.2) is 39.9 Å². The summed E-state index contributed by atoms with van der Waals surface area (Å²) in [5.41, 5.74) is 17.7. The molecule has 0 aliphatic rings. The summed E-state index contributed by atoms with van der Waals surface area (Å²) in [7, 11) is 0. The number of hydrogen-bond acceptors (Lipinski definition) is 12. The Bertz CT molecular complexity index is 7730. The minimum Gasteiger partial charge on any atom is -0.264 e. The number of rotatable bonds is 9. The molecule has 0 radical (unpaired) electrons. The molecular weight excluding hydrogens is 1410 g/mol. The first-order chi connectivity index (χ1) is 55.0. The van der Waals surface area contributed by atoms with Crippen LogP contribution < -0.4 is 0 Å². The van der Waals surface area contributed by atoms with E-state index in [-0.39, 0.29) is 0 Å². The average Bonchev–Trinajstić information content (AvgIpc) is 1.74. The third-order valence-corrected chi connectivity index (χ3v) is 24.8.